The topological polar surface area (TPSA) is 66.5 Å². The molecule has 5 nitrogen and oxygen atoms in total. The van der Waals surface area contributed by atoms with E-state index < -0.39 is 9.84 Å². The number of carbonyl (C=O) groups excluding carboxylic acids is 1. The maximum absolute atomic E-state index is 12.0. The molecule has 2 aliphatic rings. The molecule has 0 spiro atoms. The summed E-state index contributed by atoms with van der Waals surface area (Å²) in [6.45, 7) is 0. The molecular formula is C14H16N2O3S. The summed E-state index contributed by atoms with van der Waals surface area (Å²) in [7, 11) is -1.09. The average molecular weight is 292 g/mol. The molecular weight excluding hydrogens is 276 g/mol. The van der Waals surface area contributed by atoms with Gasteiger partial charge in [0, 0.05) is 30.5 Å². The molecule has 0 aliphatic carbocycles. The van der Waals surface area contributed by atoms with E-state index in [9.17, 15) is 13.2 Å². The third-order valence-corrected chi connectivity index (χ3v) is 5.58. The number of hydrogen-bond donors (Lipinski definition) is 1. The van der Waals surface area contributed by atoms with Crippen molar-refractivity contribution in [1.82, 2.24) is 4.90 Å². The predicted molar refractivity (Wildman–Crippen MR) is 77.9 cm³/mol. The summed E-state index contributed by atoms with van der Waals surface area (Å²) >= 11 is 0. The summed E-state index contributed by atoms with van der Waals surface area (Å²) in [6.07, 6.45) is 2.37. The van der Waals surface area contributed by atoms with Gasteiger partial charge in [-0.2, -0.15) is 0 Å². The van der Waals surface area contributed by atoms with Crippen molar-refractivity contribution in [3.05, 3.63) is 36.0 Å². The molecule has 1 unspecified atom stereocenters. The average Bonchev–Trinajstić information content (AvgIpc) is 2.91. The van der Waals surface area contributed by atoms with Gasteiger partial charge in [0.25, 0.3) is 5.91 Å². The second-order valence-corrected chi connectivity index (χ2v) is 7.49. The third-order valence-electron chi connectivity index (χ3n) is 3.83. The largest absolute Gasteiger partial charge is 0.376 e. The minimum Gasteiger partial charge on any atom is -0.376 e. The van der Waals surface area contributed by atoms with Gasteiger partial charge in [0.2, 0.25) is 0 Å². The van der Waals surface area contributed by atoms with Gasteiger partial charge in [-0.1, -0.05) is 18.2 Å². The first-order valence-corrected chi connectivity index (χ1v) is 8.33. The lowest BCUT2D eigenvalue weighted by atomic mass is 10.1. The fourth-order valence-electron chi connectivity index (χ4n) is 2.67. The molecule has 1 aromatic rings. The van der Waals surface area contributed by atoms with Crippen LogP contribution in [0.4, 0.5) is 5.69 Å². The lowest BCUT2D eigenvalue weighted by molar-refractivity contribution is -0.110. The quantitative estimate of drug-likeness (QED) is 0.829. The molecule has 1 amide bonds. The summed E-state index contributed by atoms with van der Waals surface area (Å²) in [5.74, 6) is 0.253. The van der Waals surface area contributed by atoms with Crippen LogP contribution in [0.25, 0.3) is 5.57 Å². The van der Waals surface area contributed by atoms with E-state index in [1.165, 1.54) is 0 Å². The van der Waals surface area contributed by atoms with Crippen LogP contribution >= 0.6 is 0 Å². The number of nitrogens with zero attached hydrogens (tertiary/aromatic N) is 1. The SMILES string of the molecule is CN(/C=C1/C(=O)Nc2ccccc21)C1CCS(=O)(=O)C1. The van der Waals surface area contributed by atoms with E-state index in [0.29, 0.717) is 12.0 Å². The molecule has 106 valence electrons. The molecule has 0 aromatic heterocycles. The van der Waals surface area contributed by atoms with Crippen LogP contribution in [0.2, 0.25) is 0 Å². The van der Waals surface area contributed by atoms with E-state index in [0.717, 1.165) is 11.3 Å². The Morgan fingerprint density at radius 1 is 1.35 bits per heavy atom. The van der Waals surface area contributed by atoms with Crippen molar-refractivity contribution in [2.75, 3.05) is 23.9 Å². The number of carbonyl (C=O) groups is 1. The lowest BCUT2D eigenvalue weighted by Gasteiger charge is -2.21. The Hall–Kier alpha value is -1.82. The highest BCUT2D eigenvalue weighted by Crippen LogP contribution is 2.32. The predicted octanol–water partition coefficient (Wildman–Crippen LogP) is 1.10. The minimum atomic E-state index is -2.92. The third kappa shape index (κ3) is 2.31. The molecule has 0 saturated carbocycles. The molecule has 0 bridgehead atoms. The molecule has 1 fully saturated rings. The van der Waals surface area contributed by atoms with Crippen LogP contribution < -0.4 is 5.32 Å². The lowest BCUT2D eigenvalue weighted by Crippen LogP contribution is -2.28. The Labute approximate surface area is 118 Å². The normalized spacial score (nSPS) is 25.6. The first-order chi connectivity index (χ1) is 9.46. The molecule has 1 N–H and O–H groups in total. The van der Waals surface area contributed by atoms with Gasteiger partial charge in [0.05, 0.1) is 17.1 Å². The number of rotatable bonds is 2. The molecule has 6 heteroatoms. The highest BCUT2D eigenvalue weighted by atomic mass is 32.2. The van der Waals surface area contributed by atoms with Crippen molar-refractivity contribution in [3.8, 4) is 0 Å². The van der Waals surface area contributed by atoms with Crippen molar-refractivity contribution in [1.29, 1.82) is 0 Å². The summed E-state index contributed by atoms with van der Waals surface area (Å²) in [6, 6.07) is 7.45. The molecule has 1 saturated heterocycles. The number of amides is 1. The summed E-state index contributed by atoms with van der Waals surface area (Å²) in [4.78, 5) is 13.8. The Balaban J connectivity index is 1.87. The number of fused-ring (bicyclic) bond motifs is 1. The first kappa shape index (κ1) is 13.2. The van der Waals surface area contributed by atoms with Crippen LogP contribution in [0.3, 0.4) is 0 Å². The Morgan fingerprint density at radius 2 is 2.10 bits per heavy atom. The molecule has 0 radical (unpaired) electrons. The molecule has 2 aliphatic heterocycles. The number of nitrogens with one attached hydrogen (secondary N) is 1. The molecule has 3 rings (SSSR count). The van der Waals surface area contributed by atoms with Crippen LogP contribution in [0, 0.1) is 0 Å². The number of sulfone groups is 1. The summed E-state index contributed by atoms with van der Waals surface area (Å²) < 4.78 is 23.0. The van der Waals surface area contributed by atoms with E-state index >= 15 is 0 Å². The second kappa shape index (κ2) is 4.63. The van der Waals surface area contributed by atoms with Crippen molar-refractivity contribution < 1.29 is 13.2 Å². The Kier molecular flexibility index (Phi) is 3.05. The van der Waals surface area contributed by atoms with Crippen LogP contribution in [-0.4, -0.2) is 43.8 Å². The van der Waals surface area contributed by atoms with Crippen molar-refractivity contribution >= 4 is 27.0 Å². The van der Waals surface area contributed by atoms with Crippen molar-refractivity contribution in [2.45, 2.75) is 12.5 Å². The van der Waals surface area contributed by atoms with Gasteiger partial charge in [0.1, 0.15) is 0 Å². The van der Waals surface area contributed by atoms with Crippen molar-refractivity contribution in [2.24, 2.45) is 0 Å². The van der Waals surface area contributed by atoms with E-state index in [4.69, 9.17) is 0 Å². The maximum Gasteiger partial charge on any atom is 0.257 e. The Morgan fingerprint density at radius 3 is 2.80 bits per heavy atom. The fraction of sp³-hybridized carbons (Fsp3) is 0.357. The van der Waals surface area contributed by atoms with Crippen LogP contribution in [0.5, 0.6) is 0 Å². The zero-order valence-electron chi connectivity index (χ0n) is 11.2. The van der Waals surface area contributed by atoms with Crippen LogP contribution in [0.1, 0.15) is 12.0 Å². The summed E-state index contributed by atoms with van der Waals surface area (Å²) in [5.41, 5.74) is 2.26. The second-order valence-electron chi connectivity index (χ2n) is 5.26. The van der Waals surface area contributed by atoms with E-state index in [1.807, 2.05) is 36.2 Å². The van der Waals surface area contributed by atoms with Crippen LogP contribution in [-0.2, 0) is 14.6 Å². The van der Waals surface area contributed by atoms with Crippen LogP contribution in [0.15, 0.2) is 30.5 Å². The van der Waals surface area contributed by atoms with Gasteiger partial charge < -0.3 is 10.2 Å². The highest BCUT2D eigenvalue weighted by molar-refractivity contribution is 7.91. The zero-order valence-corrected chi connectivity index (χ0v) is 12.0. The van der Waals surface area contributed by atoms with Gasteiger partial charge in [0.15, 0.2) is 9.84 Å². The maximum atomic E-state index is 12.0. The fourth-order valence-corrected chi connectivity index (χ4v) is 4.46. The molecule has 1 aromatic carbocycles. The molecule has 20 heavy (non-hydrogen) atoms. The standard InChI is InChI=1S/C14H16N2O3S/c1-16(10-6-7-20(18,19)9-10)8-12-11-4-2-3-5-13(11)15-14(12)17/h2-5,8,10H,6-7,9H2,1H3,(H,15,17)/b12-8+. The summed E-state index contributed by atoms with van der Waals surface area (Å²) in [5, 5.41) is 2.81. The number of hydrogen-bond acceptors (Lipinski definition) is 4. The smallest absolute Gasteiger partial charge is 0.257 e. The zero-order chi connectivity index (χ0) is 14.3. The monoisotopic (exact) mass is 292 g/mol. The number of anilines is 1. The van der Waals surface area contributed by atoms with Crippen molar-refractivity contribution in [3.63, 3.8) is 0 Å². The first-order valence-electron chi connectivity index (χ1n) is 6.51. The van der Waals surface area contributed by atoms with E-state index in [1.54, 1.807) is 6.20 Å². The molecule has 2 heterocycles. The highest BCUT2D eigenvalue weighted by Gasteiger charge is 2.31. The van der Waals surface area contributed by atoms with E-state index in [-0.39, 0.29) is 23.5 Å². The van der Waals surface area contributed by atoms with Gasteiger partial charge in [-0.25, -0.2) is 8.42 Å². The van der Waals surface area contributed by atoms with Gasteiger partial charge in [-0.15, -0.1) is 0 Å². The van der Waals surface area contributed by atoms with E-state index in [2.05, 4.69) is 5.32 Å². The number of para-hydroxylation sites is 1. The molecule has 1 atom stereocenters. The Bertz CT molecular complexity index is 694. The number of benzene rings is 1. The van der Waals surface area contributed by atoms with Gasteiger partial charge >= 0.3 is 0 Å². The van der Waals surface area contributed by atoms with Gasteiger partial charge in [-0.05, 0) is 12.5 Å². The van der Waals surface area contributed by atoms with Gasteiger partial charge in [-0.3, -0.25) is 4.79 Å². The minimum absolute atomic E-state index is 0.0481.